The summed E-state index contributed by atoms with van der Waals surface area (Å²) in [6, 6.07) is 20.6. The number of rotatable bonds is 11. The normalized spacial score (nSPS) is 14.5. The summed E-state index contributed by atoms with van der Waals surface area (Å²) in [5, 5.41) is 3.80. The van der Waals surface area contributed by atoms with E-state index in [9.17, 15) is 18.0 Å². The van der Waals surface area contributed by atoms with E-state index in [1.807, 2.05) is 6.92 Å². The highest BCUT2D eigenvalue weighted by Crippen LogP contribution is 2.29. The van der Waals surface area contributed by atoms with E-state index in [1.165, 1.54) is 17.0 Å². The molecule has 0 aliphatic heterocycles. The van der Waals surface area contributed by atoms with E-state index in [-0.39, 0.29) is 23.4 Å². The molecule has 1 saturated carbocycles. The van der Waals surface area contributed by atoms with Crippen LogP contribution in [0.4, 0.5) is 5.69 Å². The lowest BCUT2D eigenvalue weighted by atomic mass is 10.1. The monoisotopic (exact) mass is 601 g/mol. The molecule has 212 valence electrons. The first-order valence-corrected chi connectivity index (χ1v) is 15.6. The van der Waals surface area contributed by atoms with Crippen molar-refractivity contribution in [3.63, 3.8) is 0 Å². The SMILES string of the molecule is CCC(C(=O)NC1CCCC1)N(Cc1c(Cl)cccc1Cl)C(=O)CN(c1ccccc1)S(=O)(=O)c1ccccc1. The molecule has 1 aliphatic rings. The fourth-order valence-electron chi connectivity index (χ4n) is 4.98. The molecule has 40 heavy (non-hydrogen) atoms. The van der Waals surface area contributed by atoms with Gasteiger partial charge in [0, 0.05) is 28.2 Å². The van der Waals surface area contributed by atoms with Crippen LogP contribution in [-0.4, -0.2) is 43.8 Å². The standard InChI is InChI=1S/C30H33Cl2N3O4S/c1-2-28(30(37)33-22-12-9-10-13-22)34(20-25-26(31)18-11-19-27(25)32)29(36)21-35(23-14-5-3-6-15-23)40(38,39)24-16-7-4-8-17-24/h3-8,11,14-19,22,28H,2,9-10,12-13,20-21H2,1H3,(H,33,37). The molecule has 1 atom stereocenters. The molecule has 10 heteroatoms. The topological polar surface area (TPSA) is 86.8 Å². The lowest BCUT2D eigenvalue weighted by molar-refractivity contribution is -0.140. The molecule has 1 N–H and O–H groups in total. The number of amides is 2. The summed E-state index contributed by atoms with van der Waals surface area (Å²) in [6.07, 6.45) is 4.20. The third-order valence-corrected chi connectivity index (χ3v) is 9.63. The molecule has 0 radical (unpaired) electrons. The number of carbonyl (C=O) groups is 2. The van der Waals surface area contributed by atoms with Gasteiger partial charge in [-0.05, 0) is 55.7 Å². The van der Waals surface area contributed by atoms with Gasteiger partial charge in [-0.15, -0.1) is 0 Å². The van der Waals surface area contributed by atoms with E-state index < -0.39 is 28.5 Å². The van der Waals surface area contributed by atoms with E-state index in [1.54, 1.807) is 66.7 Å². The van der Waals surface area contributed by atoms with Gasteiger partial charge in [-0.1, -0.05) is 85.4 Å². The summed E-state index contributed by atoms with van der Waals surface area (Å²) >= 11 is 12.9. The summed E-state index contributed by atoms with van der Waals surface area (Å²) in [5.74, 6) is -0.823. The van der Waals surface area contributed by atoms with Gasteiger partial charge in [0.15, 0.2) is 0 Å². The molecule has 0 spiro atoms. The van der Waals surface area contributed by atoms with E-state index >= 15 is 0 Å². The molecular weight excluding hydrogens is 569 g/mol. The zero-order valence-electron chi connectivity index (χ0n) is 22.3. The molecule has 1 unspecified atom stereocenters. The molecule has 0 aromatic heterocycles. The number of hydrogen-bond donors (Lipinski definition) is 1. The van der Waals surface area contributed by atoms with Crippen LogP contribution in [0.1, 0.15) is 44.6 Å². The smallest absolute Gasteiger partial charge is 0.264 e. The Bertz CT molecular complexity index is 1400. The lowest BCUT2D eigenvalue weighted by Crippen LogP contribution is -2.53. The quantitative estimate of drug-likeness (QED) is 0.289. The van der Waals surface area contributed by atoms with Crippen molar-refractivity contribution in [3.05, 3.63) is 94.5 Å². The molecule has 7 nitrogen and oxygen atoms in total. The Morgan fingerprint density at radius 1 is 0.900 bits per heavy atom. The van der Waals surface area contributed by atoms with Gasteiger partial charge in [-0.25, -0.2) is 8.42 Å². The summed E-state index contributed by atoms with van der Waals surface area (Å²) in [4.78, 5) is 29.1. The van der Waals surface area contributed by atoms with E-state index in [2.05, 4.69) is 5.32 Å². The first-order valence-electron chi connectivity index (χ1n) is 13.4. The van der Waals surface area contributed by atoms with Gasteiger partial charge in [0.05, 0.1) is 10.6 Å². The van der Waals surface area contributed by atoms with Gasteiger partial charge in [-0.3, -0.25) is 13.9 Å². The number of hydrogen-bond acceptors (Lipinski definition) is 4. The summed E-state index contributed by atoms with van der Waals surface area (Å²) in [5.41, 5.74) is 0.822. The van der Waals surface area contributed by atoms with Crippen molar-refractivity contribution in [3.8, 4) is 0 Å². The van der Waals surface area contributed by atoms with Crippen LogP contribution in [0.15, 0.2) is 83.8 Å². The minimum Gasteiger partial charge on any atom is -0.352 e. The Balaban J connectivity index is 1.72. The first-order chi connectivity index (χ1) is 19.2. The van der Waals surface area contributed by atoms with Crippen molar-refractivity contribution in [2.24, 2.45) is 0 Å². The summed E-state index contributed by atoms with van der Waals surface area (Å²) < 4.78 is 28.7. The van der Waals surface area contributed by atoms with Crippen LogP contribution in [0.3, 0.4) is 0 Å². The van der Waals surface area contributed by atoms with Crippen molar-refractivity contribution in [2.75, 3.05) is 10.8 Å². The zero-order chi connectivity index (χ0) is 28.7. The van der Waals surface area contributed by atoms with Gasteiger partial charge in [-0.2, -0.15) is 0 Å². The molecule has 3 aromatic rings. The zero-order valence-corrected chi connectivity index (χ0v) is 24.6. The van der Waals surface area contributed by atoms with Gasteiger partial charge in [0.1, 0.15) is 12.6 Å². The number of anilines is 1. The Labute approximate surface area is 246 Å². The molecule has 2 amide bonds. The molecule has 3 aromatic carbocycles. The number of nitrogens with zero attached hydrogens (tertiary/aromatic N) is 2. The first kappa shape index (κ1) is 29.9. The minimum atomic E-state index is -4.11. The third kappa shape index (κ3) is 6.97. The Morgan fingerprint density at radius 2 is 1.48 bits per heavy atom. The van der Waals surface area contributed by atoms with Crippen LogP contribution >= 0.6 is 23.2 Å². The van der Waals surface area contributed by atoms with Crippen LogP contribution in [-0.2, 0) is 26.2 Å². The van der Waals surface area contributed by atoms with Crippen LogP contribution in [0.5, 0.6) is 0 Å². The van der Waals surface area contributed by atoms with Crippen molar-refractivity contribution < 1.29 is 18.0 Å². The Hall–Kier alpha value is -3.07. The van der Waals surface area contributed by atoms with Crippen LogP contribution < -0.4 is 9.62 Å². The molecule has 1 aliphatic carbocycles. The van der Waals surface area contributed by atoms with Gasteiger partial charge in [0.2, 0.25) is 11.8 Å². The number of nitrogens with one attached hydrogen (secondary N) is 1. The molecular formula is C30H33Cl2N3O4S. The molecule has 0 bridgehead atoms. The van der Waals surface area contributed by atoms with Crippen LogP contribution in [0.25, 0.3) is 0 Å². The van der Waals surface area contributed by atoms with E-state index in [0.717, 1.165) is 30.0 Å². The number of para-hydroxylation sites is 1. The van der Waals surface area contributed by atoms with Gasteiger partial charge < -0.3 is 10.2 Å². The highest BCUT2D eigenvalue weighted by atomic mass is 35.5. The summed E-state index contributed by atoms with van der Waals surface area (Å²) in [7, 11) is -4.11. The second-order valence-electron chi connectivity index (χ2n) is 9.80. The predicted molar refractivity (Wildman–Crippen MR) is 159 cm³/mol. The van der Waals surface area contributed by atoms with Crippen LogP contribution in [0.2, 0.25) is 10.0 Å². The fourth-order valence-corrected chi connectivity index (χ4v) is 6.94. The predicted octanol–water partition coefficient (Wildman–Crippen LogP) is 6.05. The Kier molecular flexibility index (Phi) is 10.1. The van der Waals surface area contributed by atoms with E-state index in [4.69, 9.17) is 23.2 Å². The van der Waals surface area contributed by atoms with Crippen molar-refractivity contribution in [1.29, 1.82) is 0 Å². The average molecular weight is 603 g/mol. The van der Waals surface area contributed by atoms with Crippen molar-refractivity contribution in [2.45, 2.75) is 62.6 Å². The highest BCUT2D eigenvalue weighted by molar-refractivity contribution is 7.92. The fraction of sp³-hybridized carbons (Fsp3) is 0.333. The summed E-state index contributed by atoms with van der Waals surface area (Å²) in [6.45, 7) is 1.25. The molecule has 1 fully saturated rings. The van der Waals surface area contributed by atoms with E-state index in [0.29, 0.717) is 27.7 Å². The molecule has 4 rings (SSSR count). The van der Waals surface area contributed by atoms with Crippen LogP contribution in [0, 0.1) is 0 Å². The average Bonchev–Trinajstić information content (AvgIpc) is 3.47. The number of sulfonamides is 1. The largest absolute Gasteiger partial charge is 0.352 e. The van der Waals surface area contributed by atoms with Crippen molar-refractivity contribution in [1.82, 2.24) is 10.2 Å². The van der Waals surface area contributed by atoms with Gasteiger partial charge >= 0.3 is 0 Å². The second-order valence-corrected chi connectivity index (χ2v) is 12.5. The number of halogens is 2. The lowest BCUT2D eigenvalue weighted by Gasteiger charge is -2.34. The third-order valence-electron chi connectivity index (χ3n) is 7.13. The molecule has 0 saturated heterocycles. The minimum absolute atomic E-state index is 0.0536. The molecule has 0 heterocycles. The maximum atomic E-state index is 14.1. The highest BCUT2D eigenvalue weighted by Gasteiger charge is 2.35. The van der Waals surface area contributed by atoms with Crippen molar-refractivity contribution >= 4 is 50.7 Å². The second kappa shape index (κ2) is 13.5. The number of benzene rings is 3. The Morgan fingerprint density at radius 3 is 2.05 bits per heavy atom. The maximum Gasteiger partial charge on any atom is 0.264 e. The maximum absolute atomic E-state index is 14.1. The van der Waals surface area contributed by atoms with Gasteiger partial charge in [0.25, 0.3) is 10.0 Å². The number of carbonyl (C=O) groups excluding carboxylic acids is 2.